The molecule has 1 heterocycles. The monoisotopic (exact) mass is 239 g/mol. The van der Waals surface area contributed by atoms with Crippen molar-refractivity contribution in [2.45, 2.75) is 18.5 Å². The van der Waals surface area contributed by atoms with Crippen molar-refractivity contribution in [2.75, 3.05) is 7.11 Å². The number of hydrogen-bond acceptors (Lipinski definition) is 4. The highest BCUT2D eigenvalue weighted by Crippen LogP contribution is 2.22. The summed E-state index contributed by atoms with van der Waals surface area (Å²) in [5.41, 5.74) is 9.07. The average Bonchev–Trinajstić information content (AvgIpc) is 2.80. The fraction of sp³-hybridized carbons (Fsp3) is 0.364. The molecule has 0 radical (unpaired) electrons. The fourth-order valence-electron chi connectivity index (χ4n) is 1.81. The maximum Gasteiger partial charge on any atom is 0.262 e. The Hall–Kier alpha value is -1.50. The number of carbonyl (C=O) groups is 1. The lowest BCUT2D eigenvalue weighted by molar-refractivity contribution is -0.133. The smallest absolute Gasteiger partial charge is 0.262 e. The van der Waals surface area contributed by atoms with Crippen LogP contribution in [0.15, 0.2) is 24.3 Å². The molecule has 5 nitrogen and oxygen atoms in total. The number of benzene rings is 1. The van der Waals surface area contributed by atoms with Gasteiger partial charge >= 0.3 is 0 Å². The molecule has 1 aliphatic rings. The van der Waals surface area contributed by atoms with Crippen molar-refractivity contribution >= 4 is 5.91 Å². The summed E-state index contributed by atoms with van der Waals surface area (Å²) in [6.07, 6.45) is 0.584. The van der Waals surface area contributed by atoms with Gasteiger partial charge in [-0.1, -0.05) is 12.1 Å². The molecule has 1 fully saturated rings. The SMILES string of the molecule is CONC(=O)C1CC(c2ccc(F)cc2)NN1. The Morgan fingerprint density at radius 3 is 2.76 bits per heavy atom. The zero-order valence-corrected chi connectivity index (χ0v) is 9.37. The number of carbonyl (C=O) groups excluding carboxylic acids is 1. The van der Waals surface area contributed by atoms with Gasteiger partial charge in [0.2, 0.25) is 0 Å². The number of hydrazine groups is 1. The van der Waals surface area contributed by atoms with Gasteiger partial charge in [0.15, 0.2) is 0 Å². The van der Waals surface area contributed by atoms with Crippen molar-refractivity contribution in [1.82, 2.24) is 16.3 Å². The summed E-state index contributed by atoms with van der Waals surface area (Å²) in [6.45, 7) is 0. The van der Waals surface area contributed by atoms with E-state index in [2.05, 4.69) is 21.2 Å². The van der Waals surface area contributed by atoms with Crippen molar-refractivity contribution in [3.63, 3.8) is 0 Å². The lowest BCUT2D eigenvalue weighted by Gasteiger charge is -2.09. The van der Waals surface area contributed by atoms with Gasteiger partial charge in [0, 0.05) is 6.04 Å². The Kier molecular flexibility index (Phi) is 3.68. The van der Waals surface area contributed by atoms with Crippen molar-refractivity contribution in [3.05, 3.63) is 35.6 Å². The van der Waals surface area contributed by atoms with Crippen LogP contribution in [0.25, 0.3) is 0 Å². The average molecular weight is 239 g/mol. The summed E-state index contributed by atoms with van der Waals surface area (Å²) in [5, 5.41) is 0. The number of hydrogen-bond donors (Lipinski definition) is 3. The highest BCUT2D eigenvalue weighted by molar-refractivity contribution is 5.81. The van der Waals surface area contributed by atoms with E-state index in [4.69, 9.17) is 0 Å². The van der Waals surface area contributed by atoms with Gasteiger partial charge in [0.05, 0.1) is 7.11 Å². The van der Waals surface area contributed by atoms with Gasteiger partial charge < -0.3 is 0 Å². The molecule has 2 rings (SSSR count). The Balaban J connectivity index is 1.98. The first-order valence-corrected chi connectivity index (χ1v) is 5.30. The first kappa shape index (κ1) is 12.0. The van der Waals surface area contributed by atoms with Crippen molar-refractivity contribution < 1.29 is 14.0 Å². The van der Waals surface area contributed by atoms with Crippen LogP contribution >= 0.6 is 0 Å². The molecule has 3 N–H and O–H groups in total. The Labute approximate surface area is 98.3 Å². The lowest BCUT2D eigenvalue weighted by Crippen LogP contribution is -2.42. The van der Waals surface area contributed by atoms with Crippen molar-refractivity contribution in [3.8, 4) is 0 Å². The highest BCUT2D eigenvalue weighted by Gasteiger charge is 2.30. The molecule has 1 aromatic carbocycles. The van der Waals surface area contributed by atoms with E-state index < -0.39 is 0 Å². The number of nitrogens with one attached hydrogen (secondary N) is 3. The first-order valence-electron chi connectivity index (χ1n) is 5.30. The minimum Gasteiger partial charge on any atom is -0.277 e. The van der Waals surface area contributed by atoms with Crippen LogP contribution in [-0.4, -0.2) is 19.1 Å². The largest absolute Gasteiger partial charge is 0.277 e. The second-order valence-electron chi connectivity index (χ2n) is 3.85. The molecule has 0 aromatic heterocycles. The normalized spacial score (nSPS) is 23.6. The number of amides is 1. The van der Waals surface area contributed by atoms with Crippen LogP contribution < -0.4 is 16.3 Å². The van der Waals surface area contributed by atoms with Crippen LogP contribution in [0, 0.1) is 5.82 Å². The predicted molar refractivity (Wildman–Crippen MR) is 59.0 cm³/mol. The molecule has 1 amide bonds. The van der Waals surface area contributed by atoms with Gasteiger partial charge in [-0.2, -0.15) is 0 Å². The third-order valence-electron chi connectivity index (χ3n) is 2.69. The van der Waals surface area contributed by atoms with Gasteiger partial charge in [0.1, 0.15) is 11.9 Å². The van der Waals surface area contributed by atoms with Crippen LogP contribution in [0.2, 0.25) is 0 Å². The third kappa shape index (κ3) is 2.79. The second-order valence-corrected chi connectivity index (χ2v) is 3.85. The topological polar surface area (TPSA) is 62.4 Å². The summed E-state index contributed by atoms with van der Waals surface area (Å²) in [6, 6.07) is 5.84. The summed E-state index contributed by atoms with van der Waals surface area (Å²) in [5.74, 6) is -0.502. The van der Waals surface area contributed by atoms with E-state index >= 15 is 0 Å². The summed E-state index contributed by atoms with van der Waals surface area (Å²) >= 11 is 0. The van der Waals surface area contributed by atoms with E-state index in [1.54, 1.807) is 12.1 Å². The standard InChI is InChI=1S/C11H14FN3O2/c1-17-15-11(16)10-6-9(13-14-10)7-2-4-8(12)5-3-7/h2-5,9-10,13-14H,6H2,1H3,(H,15,16). The van der Waals surface area contributed by atoms with Crippen LogP contribution in [0.3, 0.4) is 0 Å². The third-order valence-corrected chi connectivity index (χ3v) is 2.69. The maximum atomic E-state index is 12.8. The number of hydroxylamine groups is 1. The molecule has 1 saturated heterocycles. The van der Waals surface area contributed by atoms with Crippen molar-refractivity contribution in [1.29, 1.82) is 0 Å². The quantitative estimate of drug-likeness (QED) is 0.669. The van der Waals surface area contributed by atoms with E-state index in [1.165, 1.54) is 19.2 Å². The fourth-order valence-corrected chi connectivity index (χ4v) is 1.81. The minimum atomic E-state index is -0.356. The molecule has 6 heteroatoms. The first-order chi connectivity index (χ1) is 8.20. The Morgan fingerprint density at radius 1 is 1.41 bits per heavy atom. The van der Waals surface area contributed by atoms with Gasteiger partial charge in [0.25, 0.3) is 5.91 Å². The Morgan fingerprint density at radius 2 is 2.12 bits per heavy atom. The van der Waals surface area contributed by atoms with Gasteiger partial charge in [-0.25, -0.2) is 20.7 Å². The predicted octanol–water partition coefficient (Wildman–Crippen LogP) is 0.411. The van der Waals surface area contributed by atoms with Crippen LogP contribution in [0.1, 0.15) is 18.0 Å². The molecule has 2 unspecified atom stereocenters. The molecule has 1 aromatic rings. The molecule has 0 spiro atoms. The summed E-state index contributed by atoms with van der Waals surface area (Å²) < 4.78 is 12.8. The van der Waals surface area contributed by atoms with Crippen LogP contribution in [-0.2, 0) is 9.63 Å². The van der Waals surface area contributed by atoms with Crippen molar-refractivity contribution in [2.24, 2.45) is 0 Å². The molecule has 17 heavy (non-hydrogen) atoms. The number of halogens is 1. The van der Waals surface area contributed by atoms with E-state index in [1.807, 2.05) is 0 Å². The Bertz CT molecular complexity index is 396. The molecule has 0 aliphatic carbocycles. The second kappa shape index (κ2) is 5.22. The highest BCUT2D eigenvalue weighted by atomic mass is 19.1. The van der Waals surface area contributed by atoms with Crippen LogP contribution in [0.5, 0.6) is 0 Å². The lowest BCUT2D eigenvalue weighted by atomic mass is 10.0. The van der Waals surface area contributed by atoms with E-state index in [9.17, 15) is 9.18 Å². The summed E-state index contributed by atoms with van der Waals surface area (Å²) in [7, 11) is 1.39. The van der Waals surface area contributed by atoms with E-state index in [0.717, 1.165) is 5.56 Å². The van der Waals surface area contributed by atoms with Gasteiger partial charge in [-0.3, -0.25) is 9.63 Å². The number of rotatable bonds is 3. The summed E-state index contributed by atoms with van der Waals surface area (Å²) in [4.78, 5) is 16.0. The maximum absolute atomic E-state index is 12.8. The van der Waals surface area contributed by atoms with Gasteiger partial charge in [-0.15, -0.1) is 0 Å². The molecule has 2 atom stereocenters. The molecule has 0 saturated carbocycles. The molecule has 92 valence electrons. The minimum absolute atomic E-state index is 0.0109. The molecular weight excluding hydrogens is 225 g/mol. The van der Waals surface area contributed by atoms with E-state index in [-0.39, 0.29) is 23.8 Å². The zero-order valence-electron chi connectivity index (χ0n) is 9.37. The zero-order chi connectivity index (χ0) is 12.3. The molecule has 1 aliphatic heterocycles. The molecular formula is C11H14FN3O2. The van der Waals surface area contributed by atoms with E-state index in [0.29, 0.717) is 6.42 Å². The van der Waals surface area contributed by atoms with Crippen LogP contribution in [0.4, 0.5) is 4.39 Å². The van der Waals surface area contributed by atoms with Gasteiger partial charge in [-0.05, 0) is 24.1 Å². The molecule has 0 bridgehead atoms.